The summed E-state index contributed by atoms with van der Waals surface area (Å²) in [5, 5.41) is 0. The minimum atomic E-state index is 1.04. The molecule has 0 radical (unpaired) electrons. The summed E-state index contributed by atoms with van der Waals surface area (Å²) in [6.45, 7) is 7.92. The Balaban J connectivity index is 3.44. The largest absolute Gasteiger partial charge is 0.103 e. The molecule has 0 atom stereocenters. The summed E-state index contributed by atoms with van der Waals surface area (Å²) in [5.41, 5.74) is 1.42. The summed E-state index contributed by atoms with van der Waals surface area (Å²) in [7, 11) is 0. The summed E-state index contributed by atoms with van der Waals surface area (Å²) in [6, 6.07) is 0. The molecule has 0 saturated heterocycles. The first-order valence-electron chi connectivity index (χ1n) is 3.07. The highest BCUT2D eigenvalue weighted by Gasteiger charge is 1.79. The Morgan fingerprint density at radius 1 is 1.62 bits per heavy atom. The molecule has 0 aromatic carbocycles. The first-order chi connectivity index (χ1) is 3.81. The van der Waals surface area contributed by atoms with Crippen molar-refractivity contribution in [2.24, 2.45) is 0 Å². The standard InChI is InChI=1S/C8H14/c1-4-6-8(3)7-5-2/h4,7H,1,5-6H2,2-3H3/b8-7-. The van der Waals surface area contributed by atoms with Crippen molar-refractivity contribution in [2.45, 2.75) is 26.7 Å². The van der Waals surface area contributed by atoms with Gasteiger partial charge >= 0.3 is 0 Å². The Bertz CT molecular complexity index is 88.2. The molecule has 46 valence electrons. The lowest BCUT2D eigenvalue weighted by Gasteiger charge is -1.90. The maximum Gasteiger partial charge on any atom is -0.0144 e. The number of allylic oxidation sites excluding steroid dienone is 3. The molecule has 0 aliphatic rings. The van der Waals surface area contributed by atoms with Crippen molar-refractivity contribution in [1.82, 2.24) is 0 Å². The third-order valence-corrected chi connectivity index (χ3v) is 1.02. The lowest BCUT2D eigenvalue weighted by Crippen LogP contribution is -1.69. The first-order valence-corrected chi connectivity index (χ1v) is 3.07. The van der Waals surface area contributed by atoms with Crippen LogP contribution in [0.3, 0.4) is 0 Å². The van der Waals surface area contributed by atoms with Crippen LogP contribution in [0.15, 0.2) is 24.3 Å². The zero-order valence-electron chi connectivity index (χ0n) is 5.78. The van der Waals surface area contributed by atoms with Crippen molar-refractivity contribution in [1.29, 1.82) is 0 Å². The highest BCUT2D eigenvalue weighted by molar-refractivity contribution is 5.01. The van der Waals surface area contributed by atoms with Gasteiger partial charge in [-0.25, -0.2) is 0 Å². The summed E-state index contributed by atoms with van der Waals surface area (Å²) in [6.07, 6.45) is 6.33. The minimum absolute atomic E-state index is 1.04. The molecular weight excluding hydrogens is 96.1 g/mol. The third-order valence-electron chi connectivity index (χ3n) is 1.02. The van der Waals surface area contributed by atoms with Crippen molar-refractivity contribution >= 4 is 0 Å². The summed E-state index contributed by atoms with van der Waals surface area (Å²) in [5.74, 6) is 0. The second-order valence-electron chi connectivity index (χ2n) is 1.95. The van der Waals surface area contributed by atoms with Crippen LogP contribution in [-0.2, 0) is 0 Å². The molecule has 0 N–H and O–H groups in total. The Hall–Kier alpha value is -0.520. The predicted octanol–water partition coefficient (Wildman–Crippen LogP) is 2.92. The molecule has 0 aromatic heterocycles. The third kappa shape index (κ3) is 3.66. The van der Waals surface area contributed by atoms with Crippen LogP contribution >= 0.6 is 0 Å². The number of hydrogen-bond donors (Lipinski definition) is 0. The number of rotatable bonds is 3. The van der Waals surface area contributed by atoms with Crippen LogP contribution in [0.25, 0.3) is 0 Å². The van der Waals surface area contributed by atoms with Gasteiger partial charge in [0.15, 0.2) is 0 Å². The topological polar surface area (TPSA) is 0 Å². The van der Waals surface area contributed by atoms with Gasteiger partial charge in [0.05, 0.1) is 0 Å². The lowest BCUT2D eigenvalue weighted by molar-refractivity contribution is 1.12. The van der Waals surface area contributed by atoms with E-state index in [2.05, 4.69) is 26.5 Å². The van der Waals surface area contributed by atoms with Gasteiger partial charge in [0.1, 0.15) is 0 Å². The molecule has 0 aromatic rings. The fourth-order valence-electron chi connectivity index (χ4n) is 0.659. The molecule has 0 aliphatic heterocycles. The van der Waals surface area contributed by atoms with Crippen LogP contribution in [0.4, 0.5) is 0 Å². The molecule has 0 nitrogen and oxygen atoms in total. The minimum Gasteiger partial charge on any atom is -0.103 e. The van der Waals surface area contributed by atoms with Crippen LogP contribution in [0.2, 0.25) is 0 Å². The van der Waals surface area contributed by atoms with Gasteiger partial charge in [0.25, 0.3) is 0 Å². The van der Waals surface area contributed by atoms with E-state index in [1.165, 1.54) is 5.57 Å². The second kappa shape index (κ2) is 4.63. The molecule has 0 saturated carbocycles. The fourth-order valence-corrected chi connectivity index (χ4v) is 0.659. The van der Waals surface area contributed by atoms with E-state index >= 15 is 0 Å². The molecule has 0 spiro atoms. The molecule has 0 heterocycles. The van der Waals surface area contributed by atoms with Crippen molar-refractivity contribution < 1.29 is 0 Å². The molecule has 8 heavy (non-hydrogen) atoms. The first kappa shape index (κ1) is 7.48. The maximum atomic E-state index is 3.64. The van der Waals surface area contributed by atoms with Crippen LogP contribution in [0, 0.1) is 0 Å². The molecule has 0 fully saturated rings. The number of hydrogen-bond acceptors (Lipinski definition) is 0. The van der Waals surface area contributed by atoms with Crippen molar-refractivity contribution in [2.75, 3.05) is 0 Å². The maximum absolute atomic E-state index is 3.64. The van der Waals surface area contributed by atoms with E-state index in [0.29, 0.717) is 0 Å². The highest BCUT2D eigenvalue weighted by Crippen LogP contribution is 2.00. The summed E-state index contributed by atoms with van der Waals surface area (Å²) in [4.78, 5) is 0. The van der Waals surface area contributed by atoms with Crippen molar-refractivity contribution in [3.05, 3.63) is 24.3 Å². The fraction of sp³-hybridized carbons (Fsp3) is 0.500. The van der Waals surface area contributed by atoms with Gasteiger partial charge in [-0.3, -0.25) is 0 Å². The summed E-state index contributed by atoms with van der Waals surface area (Å²) < 4.78 is 0. The van der Waals surface area contributed by atoms with Crippen LogP contribution in [0.5, 0.6) is 0 Å². The zero-order valence-corrected chi connectivity index (χ0v) is 5.78. The van der Waals surface area contributed by atoms with Crippen LogP contribution < -0.4 is 0 Å². The Labute approximate surface area is 51.9 Å². The second-order valence-corrected chi connectivity index (χ2v) is 1.95. The van der Waals surface area contributed by atoms with Gasteiger partial charge in [0, 0.05) is 0 Å². The van der Waals surface area contributed by atoms with E-state index in [-0.39, 0.29) is 0 Å². The average molecular weight is 110 g/mol. The van der Waals surface area contributed by atoms with Gasteiger partial charge in [-0.2, -0.15) is 0 Å². The predicted molar refractivity (Wildman–Crippen MR) is 38.9 cm³/mol. The van der Waals surface area contributed by atoms with E-state index in [9.17, 15) is 0 Å². The zero-order chi connectivity index (χ0) is 6.41. The van der Waals surface area contributed by atoms with Crippen LogP contribution in [0.1, 0.15) is 26.7 Å². The van der Waals surface area contributed by atoms with Gasteiger partial charge in [-0.05, 0) is 19.8 Å². The normalized spacial score (nSPS) is 11.5. The molecule has 0 heteroatoms. The van der Waals surface area contributed by atoms with Gasteiger partial charge in [-0.1, -0.05) is 24.6 Å². The van der Waals surface area contributed by atoms with E-state index in [0.717, 1.165) is 12.8 Å². The molecule has 0 rings (SSSR count). The van der Waals surface area contributed by atoms with E-state index < -0.39 is 0 Å². The average Bonchev–Trinajstić information content (AvgIpc) is 1.68. The summed E-state index contributed by atoms with van der Waals surface area (Å²) >= 11 is 0. The van der Waals surface area contributed by atoms with E-state index in [1.54, 1.807) is 0 Å². The Morgan fingerprint density at radius 3 is 2.62 bits per heavy atom. The smallest absolute Gasteiger partial charge is 0.0144 e. The molecular formula is C8H14. The lowest BCUT2D eigenvalue weighted by atomic mass is 10.2. The van der Waals surface area contributed by atoms with Gasteiger partial charge in [-0.15, -0.1) is 6.58 Å². The molecule has 0 aliphatic carbocycles. The van der Waals surface area contributed by atoms with E-state index in [4.69, 9.17) is 0 Å². The highest BCUT2D eigenvalue weighted by atomic mass is 13.9. The Morgan fingerprint density at radius 2 is 2.25 bits per heavy atom. The quantitative estimate of drug-likeness (QED) is 0.490. The van der Waals surface area contributed by atoms with Crippen molar-refractivity contribution in [3.63, 3.8) is 0 Å². The van der Waals surface area contributed by atoms with Gasteiger partial charge in [0.2, 0.25) is 0 Å². The monoisotopic (exact) mass is 110 g/mol. The SMILES string of the molecule is C=CC/C(C)=C\CC. The van der Waals surface area contributed by atoms with Crippen molar-refractivity contribution in [3.8, 4) is 0 Å². The Kier molecular flexibility index (Phi) is 4.33. The van der Waals surface area contributed by atoms with Crippen LogP contribution in [-0.4, -0.2) is 0 Å². The molecule has 0 bridgehead atoms. The molecule has 0 amide bonds. The van der Waals surface area contributed by atoms with E-state index in [1.807, 2.05) is 6.08 Å². The van der Waals surface area contributed by atoms with Gasteiger partial charge < -0.3 is 0 Å². The molecule has 0 unspecified atom stereocenters.